The van der Waals surface area contributed by atoms with Gasteiger partial charge in [0.15, 0.2) is 11.5 Å². The van der Waals surface area contributed by atoms with Crippen LogP contribution in [0.4, 0.5) is 0 Å². The van der Waals surface area contributed by atoms with E-state index in [1.54, 1.807) is 18.4 Å². The van der Waals surface area contributed by atoms with Gasteiger partial charge in [-0.1, -0.05) is 12.1 Å². The van der Waals surface area contributed by atoms with E-state index in [0.717, 1.165) is 23.5 Å². The van der Waals surface area contributed by atoms with E-state index in [1.807, 2.05) is 29.6 Å². The Kier molecular flexibility index (Phi) is 4.61. The van der Waals surface area contributed by atoms with Crippen LogP contribution < -0.4 is 15.2 Å². The molecule has 0 saturated heterocycles. The average Bonchev–Trinajstić information content (AvgIpc) is 2.90. The van der Waals surface area contributed by atoms with Gasteiger partial charge in [-0.2, -0.15) is 0 Å². The van der Waals surface area contributed by atoms with Crippen LogP contribution in [0.25, 0.3) is 0 Å². The van der Waals surface area contributed by atoms with E-state index < -0.39 is 0 Å². The Morgan fingerprint density at radius 2 is 2.11 bits per heavy atom. The highest BCUT2D eigenvalue weighted by atomic mass is 32.1. The predicted octanol–water partition coefficient (Wildman–Crippen LogP) is 2.84. The van der Waals surface area contributed by atoms with Crippen molar-refractivity contribution in [3.63, 3.8) is 0 Å². The van der Waals surface area contributed by atoms with Crippen LogP contribution in [0, 0.1) is 0 Å². The van der Waals surface area contributed by atoms with E-state index in [-0.39, 0.29) is 0 Å². The van der Waals surface area contributed by atoms with Crippen LogP contribution >= 0.6 is 11.3 Å². The van der Waals surface area contributed by atoms with Crippen LogP contribution in [0.2, 0.25) is 0 Å². The number of hydrogen-bond donors (Lipinski definition) is 1. The van der Waals surface area contributed by atoms with Gasteiger partial charge in [0, 0.05) is 4.88 Å². The molecule has 2 N–H and O–H groups in total. The topological polar surface area (TPSA) is 44.5 Å². The third-order valence-corrected chi connectivity index (χ3v) is 3.46. The number of hydrogen-bond acceptors (Lipinski definition) is 4. The molecule has 0 aliphatic rings. The fourth-order valence-corrected chi connectivity index (χ4v) is 2.31. The molecule has 0 amide bonds. The summed E-state index contributed by atoms with van der Waals surface area (Å²) in [4.78, 5) is 1.20. The molecule has 0 unspecified atom stereocenters. The summed E-state index contributed by atoms with van der Waals surface area (Å²) in [6.45, 7) is 1.21. The number of benzene rings is 1. The Morgan fingerprint density at radius 3 is 2.78 bits per heavy atom. The Labute approximate surface area is 111 Å². The summed E-state index contributed by atoms with van der Waals surface area (Å²) in [5, 5.41) is 2.04. The first-order valence-corrected chi connectivity index (χ1v) is 6.73. The normalized spacial score (nSPS) is 10.3. The minimum Gasteiger partial charge on any atom is -0.493 e. The quantitative estimate of drug-likeness (QED) is 0.871. The molecule has 0 radical (unpaired) electrons. The number of nitrogens with two attached hydrogens (primary N) is 1. The zero-order chi connectivity index (χ0) is 12.8. The molecule has 1 aromatic heterocycles. The van der Waals surface area contributed by atoms with Gasteiger partial charge in [0.25, 0.3) is 0 Å². The summed E-state index contributed by atoms with van der Waals surface area (Å²) >= 11 is 1.68. The third-order valence-electron chi connectivity index (χ3n) is 2.61. The van der Waals surface area contributed by atoms with Crippen molar-refractivity contribution in [1.82, 2.24) is 0 Å². The Balaban J connectivity index is 2.07. The maximum atomic E-state index is 5.76. The summed E-state index contributed by atoms with van der Waals surface area (Å²) < 4.78 is 11.1. The van der Waals surface area contributed by atoms with E-state index in [4.69, 9.17) is 15.2 Å². The first-order chi connectivity index (χ1) is 8.83. The van der Waals surface area contributed by atoms with Crippen LogP contribution in [0.1, 0.15) is 10.4 Å². The number of ether oxygens (including phenoxy) is 2. The SMILES string of the molecule is COc1cc(CCN)ccc1OCc1cccs1. The van der Waals surface area contributed by atoms with Crippen LogP contribution in [0.5, 0.6) is 11.5 Å². The molecule has 18 heavy (non-hydrogen) atoms. The van der Waals surface area contributed by atoms with Crippen molar-refractivity contribution in [2.24, 2.45) is 5.73 Å². The summed E-state index contributed by atoms with van der Waals surface area (Å²) in [5.41, 5.74) is 6.71. The molecule has 0 atom stereocenters. The molecule has 0 spiro atoms. The molecule has 3 nitrogen and oxygen atoms in total. The van der Waals surface area contributed by atoms with Gasteiger partial charge in [-0.25, -0.2) is 0 Å². The van der Waals surface area contributed by atoms with Crippen LogP contribution in [-0.4, -0.2) is 13.7 Å². The molecule has 0 aliphatic heterocycles. The van der Waals surface area contributed by atoms with E-state index in [9.17, 15) is 0 Å². The first-order valence-electron chi connectivity index (χ1n) is 5.85. The third kappa shape index (κ3) is 3.24. The van der Waals surface area contributed by atoms with E-state index in [2.05, 4.69) is 6.07 Å². The lowest BCUT2D eigenvalue weighted by Gasteiger charge is -2.11. The van der Waals surface area contributed by atoms with E-state index in [1.165, 1.54) is 4.88 Å². The fourth-order valence-electron chi connectivity index (χ4n) is 1.70. The van der Waals surface area contributed by atoms with Crippen molar-refractivity contribution in [1.29, 1.82) is 0 Å². The lowest BCUT2D eigenvalue weighted by molar-refractivity contribution is 0.287. The molecule has 96 valence electrons. The number of rotatable bonds is 6. The standard InChI is InChI=1S/C14H17NO2S/c1-16-14-9-11(6-7-15)4-5-13(14)17-10-12-3-2-8-18-12/h2-5,8-9H,6-7,10,15H2,1H3. The van der Waals surface area contributed by atoms with Crippen LogP contribution in [0.3, 0.4) is 0 Å². The molecule has 0 aliphatic carbocycles. The number of thiophene rings is 1. The Hall–Kier alpha value is -1.52. The second-order valence-electron chi connectivity index (χ2n) is 3.89. The molecule has 0 bridgehead atoms. The smallest absolute Gasteiger partial charge is 0.161 e. The van der Waals surface area contributed by atoms with Crippen molar-refractivity contribution in [3.8, 4) is 11.5 Å². The monoisotopic (exact) mass is 263 g/mol. The van der Waals surface area contributed by atoms with Crippen molar-refractivity contribution >= 4 is 11.3 Å². The van der Waals surface area contributed by atoms with Crippen molar-refractivity contribution in [2.75, 3.05) is 13.7 Å². The van der Waals surface area contributed by atoms with Gasteiger partial charge in [-0.15, -0.1) is 11.3 Å². The predicted molar refractivity (Wildman–Crippen MR) is 74.4 cm³/mol. The van der Waals surface area contributed by atoms with Gasteiger partial charge in [0.2, 0.25) is 0 Å². The van der Waals surface area contributed by atoms with Gasteiger partial charge in [0.1, 0.15) is 6.61 Å². The van der Waals surface area contributed by atoms with Gasteiger partial charge in [-0.05, 0) is 42.1 Å². The van der Waals surface area contributed by atoms with Crippen molar-refractivity contribution < 1.29 is 9.47 Å². The highest BCUT2D eigenvalue weighted by Crippen LogP contribution is 2.29. The summed E-state index contributed by atoms with van der Waals surface area (Å²) in [5.74, 6) is 1.53. The molecule has 1 heterocycles. The summed E-state index contributed by atoms with van der Waals surface area (Å²) in [6.07, 6.45) is 0.849. The maximum Gasteiger partial charge on any atom is 0.161 e. The molecule has 0 saturated carbocycles. The molecule has 2 aromatic rings. The lowest BCUT2D eigenvalue weighted by Crippen LogP contribution is -2.03. The largest absolute Gasteiger partial charge is 0.493 e. The molecule has 2 rings (SSSR count). The van der Waals surface area contributed by atoms with Crippen molar-refractivity contribution in [3.05, 3.63) is 46.2 Å². The second kappa shape index (κ2) is 6.42. The van der Waals surface area contributed by atoms with Gasteiger partial charge >= 0.3 is 0 Å². The zero-order valence-electron chi connectivity index (χ0n) is 10.4. The van der Waals surface area contributed by atoms with Crippen LogP contribution in [0.15, 0.2) is 35.7 Å². The van der Waals surface area contributed by atoms with Gasteiger partial charge < -0.3 is 15.2 Å². The first kappa shape index (κ1) is 12.9. The highest BCUT2D eigenvalue weighted by Gasteiger charge is 2.06. The van der Waals surface area contributed by atoms with E-state index >= 15 is 0 Å². The Bertz CT molecular complexity index is 483. The van der Waals surface area contributed by atoms with Gasteiger partial charge in [-0.3, -0.25) is 0 Å². The summed E-state index contributed by atoms with van der Waals surface area (Å²) in [7, 11) is 1.65. The van der Waals surface area contributed by atoms with Crippen LogP contribution in [-0.2, 0) is 13.0 Å². The minimum atomic E-state index is 0.574. The lowest BCUT2D eigenvalue weighted by atomic mass is 10.1. The number of methoxy groups -OCH3 is 1. The molecule has 4 heteroatoms. The maximum absolute atomic E-state index is 5.76. The van der Waals surface area contributed by atoms with Crippen molar-refractivity contribution in [2.45, 2.75) is 13.0 Å². The second-order valence-corrected chi connectivity index (χ2v) is 4.92. The van der Waals surface area contributed by atoms with Gasteiger partial charge in [0.05, 0.1) is 7.11 Å². The summed E-state index contributed by atoms with van der Waals surface area (Å²) in [6, 6.07) is 10.0. The molecule has 0 fully saturated rings. The minimum absolute atomic E-state index is 0.574. The molecular weight excluding hydrogens is 246 g/mol. The van der Waals surface area contributed by atoms with E-state index in [0.29, 0.717) is 13.2 Å². The average molecular weight is 263 g/mol. The highest BCUT2D eigenvalue weighted by molar-refractivity contribution is 7.09. The molecular formula is C14H17NO2S. The zero-order valence-corrected chi connectivity index (χ0v) is 11.2. The molecule has 1 aromatic carbocycles. The fraction of sp³-hybridized carbons (Fsp3) is 0.286. The Morgan fingerprint density at radius 1 is 1.22 bits per heavy atom.